The van der Waals surface area contributed by atoms with Crippen molar-refractivity contribution in [1.82, 2.24) is 0 Å². The highest BCUT2D eigenvalue weighted by atomic mass is 32.2. The second-order valence-electron chi connectivity index (χ2n) is 7.58. The average Bonchev–Trinajstić information content (AvgIpc) is 2.86. The Kier molecular flexibility index (Phi) is 6.14. The third-order valence-electron chi connectivity index (χ3n) is 4.98. The number of benzene rings is 2. The quantitative estimate of drug-likeness (QED) is 0.517. The molecule has 0 aliphatic carbocycles. The van der Waals surface area contributed by atoms with Crippen LogP contribution in [-0.2, 0) is 42.4 Å². The van der Waals surface area contributed by atoms with E-state index in [1.165, 1.54) is 12.1 Å². The van der Waals surface area contributed by atoms with E-state index in [2.05, 4.69) is 0 Å². The van der Waals surface area contributed by atoms with Crippen molar-refractivity contribution in [2.75, 3.05) is 0 Å². The van der Waals surface area contributed by atoms with Crippen molar-refractivity contribution in [3.63, 3.8) is 0 Å². The zero-order valence-electron chi connectivity index (χ0n) is 16.6. The molecule has 1 aliphatic rings. The summed E-state index contributed by atoms with van der Waals surface area (Å²) in [6.07, 6.45) is 0. The number of halogens is 1. The summed E-state index contributed by atoms with van der Waals surface area (Å²) in [7, 11) is -5.36. The monoisotopic (exact) mass is 452 g/mol. The summed E-state index contributed by atoms with van der Waals surface area (Å²) >= 11 is 0. The van der Waals surface area contributed by atoms with Gasteiger partial charge >= 0.3 is 5.97 Å². The summed E-state index contributed by atoms with van der Waals surface area (Å²) < 4.78 is 64.0. The van der Waals surface area contributed by atoms with Gasteiger partial charge in [0.2, 0.25) is 0 Å². The standard InChI is InChI=1S/C21H21FO6S2/c1-12-8-13(4-6-15(12)10-29(24)25)18-19(21(2,3)28-20(18)23)14-5-7-16(11-30(26)27)17(22)9-14/h4-9,29-30H,10-11H2,1-3H3. The number of thiol groups is 2. The molecule has 0 radical (unpaired) electrons. The van der Waals surface area contributed by atoms with Crippen molar-refractivity contribution in [2.45, 2.75) is 37.9 Å². The van der Waals surface area contributed by atoms with Gasteiger partial charge in [-0.25, -0.2) is 26.0 Å². The van der Waals surface area contributed by atoms with Crippen molar-refractivity contribution in [3.05, 3.63) is 70.0 Å². The zero-order chi connectivity index (χ0) is 22.2. The zero-order valence-corrected chi connectivity index (χ0v) is 18.4. The summed E-state index contributed by atoms with van der Waals surface area (Å²) in [4.78, 5) is 12.7. The molecule has 2 aromatic carbocycles. The Morgan fingerprint density at radius 1 is 0.900 bits per heavy atom. The Morgan fingerprint density at radius 3 is 2.03 bits per heavy atom. The molecule has 160 valence electrons. The van der Waals surface area contributed by atoms with E-state index in [-0.39, 0.29) is 16.9 Å². The normalized spacial score (nSPS) is 15.9. The molecule has 0 N–H and O–H groups in total. The maximum absolute atomic E-state index is 14.5. The van der Waals surface area contributed by atoms with E-state index in [4.69, 9.17) is 4.74 Å². The van der Waals surface area contributed by atoms with E-state index >= 15 is 0 Å². The van der Waals surface area contributed by atoms with Crippen LogP contribution in [0.3, 0.4) is 0 Å². The minimum Gasteiger partial charge on any atom is -0.451 e. The Balaban J connectivity index is 2.17. The van der Waals surface area contributed by atoms with Crippen LogP contribution in [0, 0.1) is 12.7 Å². The molecular formula is C21H21FO6S2. The highest BCUT2D eigenvalue weighted by Crippen LogP contribution is 2.44. The molecule has 0 saturated heterocycles. The molecule has 0 saturated carbocycles. The lowest BCUT2D eigenvalue weighted by Crippen LogP contribution is -2.22. The molecule has 3 rings (SSSR count). The first-order chi connectivity index (χ1) is 14.0. The third-order valence-corrected chi connectivity index (χ3v) is 6.17. The van der Waals surface area contributed by atoms with E-state index in [0.717, 1.165) is 0 Å². The molecule has 2 aromatic rings. The first kappa shape index (κ1) is 22.2. The van der Waals surface area contributed by atoms with E-state index in [9.17, 15) is 26.0 Å². The van der Waals surface area contributed by atoms with Crippen LogP contribution in [0.4, 0.5) is 4.39 Å². The van der Waals surface area contributed by atoms with Gasteiger partial charge in [-0.1, -0.05) is 30.3 Å². The van der Waals surface area contributed by atoms with Crippen LogP contribution in [-0.4, -0.2) is 28.4 Å². The van der Waals surface area contributed by atoms with Crippen LogP contribution in [0.1, 0.15) is 41.7 Å². The Hall–Kier alpha value is -2.52. The molecule has 1 aliphatic heterocycles. The maximum Gasteiger partial charge on any atom is 0.340 e. The molecule has 6 nitrogen and oxygen atoms in total. The van der Waals surface area contributed by atoms with Crippen molar-refractivity contribution >= 4 is 38.5 Å². The molecule has 0 fully saturated rings. The van der Waals surface area contributed by atoms with Gasteiger partial charge in [0.1, 0.15) is 32.8 Å². The lowest BCUT2D eigenvalue weighted by molar-refractivity contribution is -0.141. The number of aryl methyl sites for hydroxylation is 1. The smallest absolute Gasteiger partial charge is 0.340 e. The highest BCUT2D eigenvalue weighted by Gasteiger charge is 2.41. The minimum atomic E-state index is -2.77. The SMILES string of the molecule is Cc1cc(C2=C(c3ccc(C[SH](=O)=O)c(F)c3)C(C)(C)OC2=O)ccc1C[SH](=O)=O. The van der Waals surface area contributed by atoms with Crippen molar-refractivity contribution < 1.29 is 30.8 Å². The summed E-state index contributed by atoms with van der Waals surface area (Å²) in [6, 6.07) is 9.16. The molecule has 0 bridgehead atoms. The number of cyclic esters (lactones) is 1. The van der Waals surface area contributed by atoms with Gasteiger partial charge in [-0.15, -0.1) is 0 Å². The molecular weight excluding hydrogens is 431 g/mol. The van der Waals surface area contributed by atoms with E-state index in [1.54, 1.807) is 45.0 Å². The first-order valence-corrected chi connectivity index (χ1v) is 11.8. The third kappa shape index (κ3) is 4.46. The predicted molar refractivity (Wildman–Crippen MR) is 113 cm³/mol. The van der Waals surface area contributed by atoms with Gasteiger partial charge in [0.05, 0.1) is 17.1 Å². The molecule has 0 spiro atoms. The van der Waals surface area contributed by atoms with Gasteiger partial charge in [0.15, 0.2) is 0 Å². The molecule has 0 aromatic heterocycles. The van der Waals surface area contributed by atoms with Gasteiger partial charge in [-0.2, -0.15) is 0 Å². The van der Waals surface area contributed by atoms with Gasteiger partial charge < -0.3 is 4.74 Å². The molecule has 0 amide bonds. The average molecular weight is 453 g/mol. The number of rotatable bonds is 6. The first-order valence-electron chi connectivity index (χ1n) is 9.10. The Labute approximate surface area is 177 Å². The summed E-state index contributed by atoms with van der Waals surface area (Å²) in [5.74, 6) is -1.75. The predicted octanol–water partition coefficient (Wildman–Crippen LogP) is 2.60. The largest absolute Gasteiger partial charge is 0.451 e. The summed E-state index contributed by atoms with van der Waals surface area (Å²) in [5, 5.41) is 0. The van der Waals surface area contributed by atoms with Crippen LogP contribution in [0.15, 0.2) is 36.4 Å². The Bertz CT molecular complexity index is 1210. The second kappa shape index (κ2) is 8.31. The summed E-state index contributed by atoms with van der Waals surface area (Å²) in [5.41, 5.74) is 2.04. The maximum atomic E-state index is 14.5. The lowest BCUT2D eigenvalue weighted by Gasteiger charge is -2.22. The van der Waals surface area contributed by atoms with Gasteiger partial charge in [-0.05, 0) is 49.1 Å². The molecule has 0 atom stereocenters. The second-order valence-corrected chi connectivity index (χ2v) is 9.54. The number of hydrogen-bond acceptors (Lipinski definition) is 6. The van der Waals surface area contributed by atoms with Gasteiger partial charge in [-0.3, -0.25) is 0 Å². The van der Waals surface area contributed by atoms with Crippen molar-refractivity contribution in [2.24, 2.45) is 0 Å². The van der Waals surface area contributed by atoms with Crippen LogP contribution >= 0.6 is 0 Å². The van der Waals surface area contributed by atoms with E-state index in [0.29, 0.717) is 27.8 Å². The number of carbonyl (C=O) groups excluding carboxylic acids is 1. The van der Waals surface area contributed by atoms with E-state index < -0.39 is 44.5 Å². The fourth-order valence-corrected chi connectivity index (χ4v) is 4.80. The highest BCUT2D eigenvalue weighted by molar-refractivity contribution is 7.71. The van der Waals surface area contributed by atoms with Crippen LogP contribution < -0.4 is 0 Å². The van der Waals surface area contributed by atoms with Gasteiger partial charge in [0.25, 0.3) is 0 Å². The molecule has 9 heteroatoms. The van der Waals surface area contributed by atoms with Gasteiger partial charge in [0, 0.05) is 11.1 Å². The van der Waals surface area contributed by atoms with Crippen LogP contribution in [0.5, 0.6) is 0 Å². The number of carbonyl (C=O) groups is 1. The fraction of sp³-hybridized carbons (Fsp3) is 0.286. The van der Waals surface area contributed by atoms with Crippen molar-refractivity contribution in [3.8, 4) is 0 Å². The molecule has 1 heterocycles. The lowest BCUT2D eigenvalue weighted by atomic mass is 9.86. The molecule has 0 unspecified atom stereocenters. The van der Waals surface area contributed by atoms with Crippen molar-refractivity contribution in [1.29, 1.82) is 0 Å². The summed E-state index contributed by atoms with van der Waals surface area (Å²) in [6.45, 7) is 5.13. The number of esters is 1. The Morgan fingerprint density at radius 2 is 1.47 bits per heavy atom. The number of hydrogen-bond donors (Lipinski definition) is 2. The minimum absolute atomic E-state index is 0.0481. The topological polar surface area (TPSA) is 94.6 Å². The van der Waals surface area contributed by atoms with Crippen LogP contribution in [0.25, 0.3) is 11.1 Å². The number of ether oxygens (including phenoxy) is 1. The molecule has 30 heavy (non-hydrogen) atoms. The van der Waals surface area contributed by atoms with E-state index in [1.807, 2.05) is 0 Å². The fourth-order valence-electron chi connectivity index (χ4n) is 3.63. The van der Waals surface area contributed by atoms with Crippen LogP contribution in [0.2, 0.25) is 0 Å².